The summed E-state index contributed by atoms with van der Waals surface area (Å²) in [4.78, 5) is 14.6. The highest BCUT2D eigenvalue weighted by molar-refractivity contribution is 5.81. The Balaban J connectivity index is 1.88. The minimum Gasteiger partial charge on any atom is -0.354 e. The number of likely N-dealkylation sites (tertiary alicyclic amines) is 1. The molecule has 1 saturated heterocycles. The summed E-state index contributed by atoms with van der Waals surface area (Å²) in [6.45, 7) is 8.88. The number of carbonyl (C=O) groups is 1. The van der Waals surface area contributed by atoms with Crippen LogP contribution in [0.3, 0.4) is 0 Å². The molecule has 0 saturated carbocycles. The van der Waals surface area contributed by atoms with Gasteiger partial charge in [-0.15, -0.1) is 0 Å². The molecule has 1 N–H and O–H groups in total. The summed E-state index contributed by atoms with van der Waals surface area (Å²) >= 11 is 0. The summed E-state index contributed by atoms with van der Waals surface area (Å²) in [5.41, 5.74) is 3.58. The SMILES string of the molecule is CCn1nc(C)c(CCNC(=O)[C@H]2CCCCCN2C)c1C. The maximum atomic E-state index is 12.4. The Morgan fingerprint density at radius 3 is 2.77 bits per heavy atom. The van der Waals surface area contributed by atoms with Crippen molar-refractivity contribution in [2.75, 3.05) is 20.1 Å². The number of aromatic nitrogens is 2. The van der Waals surface area contributed by atoms with E-state index in [9.17, 15) is 4.79 Å². The largest absolute Gasteiger partial charge is 0.354 e. The van der Waals surface area contributed by atoms with Crippen molar-refractivity contribution in [3.63, 3.8) is 0 Å². The van der Waals surface area contributed by atoms with E-state index < -0.39 is 0 Å². The second-order valence-corrected chi connectivity index (χ2v) is 6.35. The van der Waals surface area contributed by atoms with Crippen LogP contribution in [0.15, 0.2) is 0 Å². The van der Waals surface area contributed by atoms with Crippen LogP contribution in [-0.4, -0.2) is 46.8 Å². The van der Waals surface area contributed by atoms with Gasteiger partial charge < -0.3 is 5.32 Å². The number of likely N-dealkylation sites (N-methyl/N-ethyl adjacent to an activating group) is 1. The Labute approximate surface area is 134 Å². The fourth-order valence-corrected chi connectivity index (χ4v) is 3.42. The Bertz CT molecular complexity index is 509. The van der Waals surface area contributed by atoms with Gasteiger partial charge in [0.2, 0.25) is 5.91 Å². The fourth-order valence-electron chi connectivity index (χ4n) is 3.42. The van der Waals surface area contributed by atoms with Crippen molar-refractivity contribution in [2.45, 2.75) is 65.5 Å². The summed E-state index contributed by atoms with van der Waals surface area (Å²) in [7, 11) is 2.06. The lowest BCUT2D eigenvalue weighted by molar-refractivity contribution is -0.126. The molecule has 0 unspecified atom stereocenters. The van der Waals surface area contributed by atoms with Crippen LogP contribution in [0.25, 0.3) is 0 Å². The van der Waals surface area contributed by atoms with Gasteiger partial charge in [0.15, 0.2) is 0 Å². The zero-order valence-corrected chi connectivity index (χ0v) is 14.5. The van der Waals surface area contributed by atoms with Crippen molar-refractivity contribution in [3.05, 3.63) is 17.0 Å². The van der Waals surface area contributed by atoms with Crippen LogP contribution in [0.1, 0.15) is 49.6 Å². The van der Waals surface area contributed by atoms with E-state index in [0.717, 1.165) is 38.0 Å². The molecule has 22 heavy (non-hydrogen) atoms. The van der Waals surface area contributed by atoms with Crippen molar-refractivity contribution in [1.29, 1.82) is 0 Å². The lowest BCUT2D eigenvalue weighted by Gasteiger charge is -2.24. The first-order chi connectivity index (χ1) is 10.5. The average Bonchev–Trinajstić information content (AvgIpc) is 2.66. The first kappa shape index (κ1) is 17.0. The second kappa shape index (κ2) is 7.77. The number of rotatable bonds is 5. The third kappa shape index (κ3) is 3.88. The zero-order chi connectivity index (χ0) is 16.1. The van der Waals surface area contributed by atoms with Crippen LogP contribution in [0.2, 0.25) is 0 Å². The highest BCUT2D eigenvalue weighted by Crippen LogP contribution is 2.16. The number of hydrogen-bond acceptors (Lipinski definition) is 3. The zero-order valence-electron chi connectivity index (χ0n) is 14.5. The first-order valence-electron chi connectivity index (χ1n) is 8.55. The maximum absolute atomic E-state index is 12.4. The molecule has 1 amide bonds. The Morgan fingerprint density at radius 1 is 1.32 bits per heavy atom. The maximum Gasteiger partial charge on any atom is 0.237 e. The topological polar surface area (TPSA) is 50.2 Å². The van der Waals surface area contributed by atoms with Gasteiger partial charge in [-0.1, -0.05) is 12.8 Å². The first-order valence-corrected chi connectivity index (χ1v) is 8.55. The predicted octanol–water partition coefficient (Wildman–Crippen LogP) is 2.05. The van der Waals surface area contributed by atoms with Crippen LogP contribution in [0, 0.1) is 13.8 Å². The van der Waals surface area contributed by atoms with Gasteiger partial charge in [-0.05, 0) is 59.2 Å². The molecule has 5 heteroatoms. The van der Waals surface area contributed by atoms with E-state index in [1.165, 1.54) is 24.1 Å². The molecule has 1 aliphatic rings. The van der Waals surface area contributed by atoms with Crippen LogP contribution in [-0.2, 0) is 17.8 Å². The molecule has 1 aromatic rings. The lowest BCUT2D eigenvalue weighted by Crippen LogP contribution is -2.45. The normalized spacial score (nSPS) is 19.9. The highest BCUT2D eigenvalue weighted by atomic mass is 16.2. The van der Waals surface area contributed by atoms with Gasteiger partial charge in [-0.2, -0.15) is 5.10 Å². The van der Waals surface area contributed by atoms with Crippen molar-refractivity contribution in [1.82, 2.24) is 20.0 Å². The van der Waals surface area contributed by atoms with Gasteiger partial charge in [0.25, 0.3) is 0 Å². The molecule has 2 rings (SSSR count). The monoisotopic (exact) mass is 306 g/mol. The standard InChI is InChI=1S/C17H30N4O/c1-5-21-14(3)15(13(2)19-21)10-11-18-17(22)16-9-7-6-8-12-20(16)4/h16H,5-12H2,1-4H3,(H,18,22)/t16-/m1/s1. The van der Waals surface area contributed by atoms with Crippen molar-refractivity contribution in [3.8, 4) is 0 Å². The van der Waals surface area contributed by atoms with E-state index >= 15 is 0 Å². The molecular formula is C17H30N4O. The smallest absolute Gasteiger partial charge is 0.237 e. The molecule has 0 spiro atoms. The third-order valence-corrected chi connectivity index (χ3v) is 4.83. The Morgan fingerprint density at radius 2 is 2.09 bits per heavy atom. The Hall–Kier alpha value is -1.36. The van der Waals surface area contributed by atoms with Gasteiger partial charge in [0.05, 0.1) is 11.7 Å². The molecule has 0 radical (unpaired) electrons. The van der Waals surface area contributed by atoms with Crippen LogP contribution in [0.5, 0.6) is 0 Å². The number of nitrogens with zero attached hydrogens (tertiary/aromatic N) is 3. The van der Waals surface area contributed by atoms with E-state index in [1.807, 2.05) is 4.68 Å². The van der Waals surface area contributed by atoms with E-state index in [4.69, 9.17) is 0 Å². The highest BCUT2D eigenvalue weighted by Gasteiger charge is 2.24. The molecule has 1 fully saturated rings. The molecular weight excluding hydrogens is 276 g/mol. The minimum absolute atomic E-state index is 0.0445. The van der Waals surface area contributed by atoms with E-state index in [1.54, 1.807) is 0 Å². The number of carbonyl (C=O) groups excluding carboxylic acids is 1. The number of amides is 1. The van der Waals surface area contributed by atoms with Crippen molar-refractivity contribution >= 4 is 5.91 Å². The second-order valence-electron chi connectivity index (χ2n) is 6.35. The summed E-state index contributed by atoms with van der Waals surface area (Å²) in [6, 6.07) is 0.0445. The number of nitrogens with one attached hydrogen (secondary N) is 1. The van der Waals surface area contributed by atoms with Crippen LogP contribution in [0.4, 0.5) is 0 Å². The third-order valence-electron chi connectivity index (χ3n) is 4.83. The lowest BCUT2D eigenvalue weighted by atomic mass is 10.1. The quantitative estimate of drug-likeness (QED) is 0.906. The van der Waals surface area contributed by atoms with E-state index in [-0.39, 0.29) is 11.9 Å². The molecule has 1 aliphatic heterocycles. The van der Waals surface area contributed by atoms with Gasteiger partial charge in [0, 0.05) is 18.8 Å². The van der Waals surface area contributed by atoms with Crippen LogP contribution < -0.4 is 5.32 Å². The van der Waals surface area contributed by atoms with Gasteiger partial charge in [0.1, 0.15) is 0 Å². The predicted molar refractivity (Wildman–Crippen MR) is 89.0 cm³/mol. The Kier molecular flexibility index (Phi) is 6.00. The van der Waals surface area contributed by atoms with Gasteiger partial charge in [-0.3, -0.25) is 14.4 Å². The summed E-state index contributed by atoms with van der Waals surface area (Å²) in [5.74, 6) is 0.183. The van der Waals surface area contributed by atoms with Crippen LogP contribution >= 0.6 is 0 Å². The molecule has 124 valence electrons. The number of aryl methyl sites for hydroxylation is 2. The minimum atomic E-state index is 0.0445. The average molecular weight is 306 g/mol. The molecule has 0 aliphatic carbocycles. The summed E-state index contributed by atoms with van der Waals surface area (Å²) in [6.07, 6.45) is 5.44. The summed E-state index contributed by atoms with van der Waals surface area (Å²) in [5, 5.41) is 7.66. The van der Waals surface area contributed by atoms with Gasteiger partial charge in [-0.25, -0.2) is 0 Å². The molecule has 1 atom stereocenters. The van der Waals surface area contributed by atoms with E-state index in [0.29, 0.717) is 6.54 Å². The fraction of sp³-hybridized carbons (Fsp3) is 0.765. The molecule has 2 heterocycles. The molecule has 5 nitrogen and oxygen atoms in total. The molecule has 0 bridgehead atoms. The molecule has 0 aromatic carbocycles. The van der Waals surface area contributed by atoms with Crippen molar-refractivity contribution < 1.29 is 4.79 Å². The summed E-state index contributed by atoms with van der Waals surface area (Å²) < 4.78 is 2.03. The number of hydrogen-bond donors (Lipinski definition) is 1. The van der Waals surface area contributed by atoms with Crippen molar-refractivity contribution in [2.24, 2.45) is 0 Å². The van der Waals surface area contributed by atoms with Gasteiger partial charge >= 0.3 is 0 Å². The van der Waals surface area contributed by atoms with E-state index in [2.05, 4.69) is 43.1 Å². The molecule has 1 aromatic heterocycles.